The van der Waals surface area contributed by atoms with E-state index < -0.39 is 0 Å². The zero-order chi connectivity index (χ0) is 22.9. The molecule has 0 bridgehead atoms. The van der Waals surface area contributed by atoms with E-state index in [9.17, 15) is 4.79 Å². The molecule has 1 aliphatic carbocycles. The van der Waals surface area contributed by atoms with Gasteiger partial charge in [0.2, 0.25) is 0 Å². The van der Waals surface area contributed by atoms with Gasteiger partial charge in [0.1, 0.15) is 6.33 Å². The fourth-order valence-electron chi connectivity index (χ4n) is 6.24. The van der Waals surface area contributed by atoms with Crippen molar-refractivity contribution < 1.29 is 4.79 Å². The van der Waals surface area contributed by atoms with Gasteiger partial charge in [0.15, 0.2) is 0 Å². The van der Waals surface area contributed by atoms with Gasteiger partial charge in [-0.25, -0.2) is 14.8 Å². The number of piperidine rings is 1. The van der Waals surface area contributed by atoms with Crippen LogP contribution in [0.1, 0.15) is 44.1 Å². The maximum Gasteiger partial charge on any atom is 0.317 e. The van der Waals surface area contributed by atoms with E-state index in [1.54, 1.807) is 6.33 Å². The Morgan fingerprint density at radius 2 is 1.70 bits per heavy atom. The van der Waals surface area contributed by atoms with Crippen LogP contribution >= 0.6 is 0 Å². The number of carbonyl (C=O) groups is 1. The minimum Gasteiger partial charge on any atom is -0.369 e. The van der Waals surface area contributed by atoms with E-state index in [2.05, 4.69) is 74.4 Å². The fraction of sp³-hybridized carbons (Fsp3) is 0.577. The molecule has 1 spiro atoms. The highest BCUT2D eigenvalue weighted by atomic mass is 16.2. The van der Waals surface area contributed by atoms with Crippen LogP contribution < -0.4 is 10.2 Å². The van der Waals surface area contributed by atoms with Crippen LogP contribution in [-0.4, -0.2) is 71.6 Å². The van der Waals surface area contributed by atoms with Crippen LogP contribution in [-0.2, 0) is 5.54 Å². The molecule has 1 aromatic heterocycles. The summed E-state index contributed by atoms with van der Waals surface area (Å²) in [6.07, 6.45) is 11.7. The molecule has 7 heteroatoms. The Balaban J connectivity index is 1.18. The van der Waals surface area contributed by atoms with Crippen molar-refractivity contribution in [3.05, 3.63) is 54.6 Å². The number of aromatic nitrogens is 2. The number of hydrogen-bond donors (Lipinski definition) is 1. The molecule has 5 rings (SSSR count). The second kappa shape index (κ2) is 8.93. The predicted molar refractivity (Wildman–Crippen MR) is 130 cm³/mol. The first-order chi connectivity index (χ1) is 16.0. The Morgan fingerprint density at radius 1 is 1.03 bits per heavy atom. The summed E-state index contributed by atoms with van der Waals surface area (Å²) in [5.41, 5.74) is 2.46. The van der Waals surface area contributed by atoms with Crippen LogP contribution in [0.2, 0.25) is 0 Å². The van der Waals surface area contributed by atoms with Gasteiger partial charge in [-0.05, 0) is 64.1 Å². The zero-order valence-electron chi connectivity index (χ0n) is 19.9. The molecule has 1 aromatic carbocycles. The first kappa shape index (κ1) is 22.1. The molecule has 33 heavy (non-hydrogen) atoms. The summed E-state index contributed by atoms with van der Waals surface area (Å²) in [6, 6.07) is 11.0. The van der Waals surface area contributed by atoms with Crippen molar-refractivity contribution in [3.8, 4) is 0 Å². The van der Waals surface area contributed by atoms with Gasteiger partial charge in [-0.15, -0.1) is 0 Å². The summed E-state index contributed by atoms with van der Waals surface area (Å²) in [4.78, 5) is 28.1. The maximum atomic E-state index is 12.9. The number of hydrogen-bond acceptors (Lipinski definition) is 5. The van der Waals surface area contributed by atoms with E-state index in [1.165, 1.54) is 5.56 Å². The van der Waals surface area contributed by atoms with E-state index in [1.807, 2.05) is 12.4 Å². The SMILES string of the molecule is CN(C)[C@]1(c2ccccc2)CC[C@]2(CC1)CN(CC1CCN(c3cncnc3)CC1)C(=O)N2. The van der Waals surface area contributed by atoms with Crippen LogP contribution in [0.5, 0.6) is 0 Å². The van der Waals surface area contributed by atoms with E-state index in [0.717, 1.165) is 70.4 Å². The Kier molecular flexibility index (Phi) is 5.99. The fourth-order valence-corrected chi connectivity index (χ4v) is 6.24. The molecule has 0 unspecified atom stereocenters. The second-order valence-electron chi connectivity index (χ2n) is 10.4. The lowest BCUT2D eigenvalue weighted by Gasteiger charge is -2.48. The smallest absolute Gasteiger partial charge is 0.317 e. The summed E-state index contributed by atoms with van der Waals surface area (Å²) in [7, 11) is 4.39. The lowest BCUT2D eigenvalue weighted by molar-refractivity contribution is 0.0613. The molecule has 7 nitrogen and oxygen atoms in total. The quantitative estimate of drug-likeness (QED) is 0.759. The molecule has 1 saturated carbocycles. The lowest BCUT2D eigenvalue weighted by atomic mass is 9.69. The Hall–Kier alpha value is -2.67. The summed E-state index contributed by atoms with van der Waals surface area (Å²) < 4.78 is 0. The minimum atomic E-state index is -0.0759. The van der Waals surface area contributed by atoms with Crippen LogP contribution in [0.15, 0.2) is 49.1 Å². The molecular weight excluding hydrogens is 412 g/mol. The average Bonchev–Trinajstić information content (AvgIpc) is 3.15. The number of nitrogens with zero attached hydrogens (tertiary/aromatic N) is 5. The molecule has 3 heterocycles. The van der Waals surface area contributed by atoms with Gasteiger partial charge in [-0.3, -0.25) is 4.90 Å². The monoisotopic (exact) mass is 448 g/mol. The highest BCUT2D eigenvalue weighted by molar-refractivity contribution is 5.78. The standard InChI is InChI=1S/C26H36N6O/c1-30(2)26(22-6-4-3-5-7-22)12-10-25(11-13-26)19-32(24(33)29-25)18-21-8-14-31(15-9-21)23-16-27-20-28-17-23/h3-7,16-17,20-21H,8-15,18-19H2,1-2H3,(H,29,33)/t25-,26+. The molecule has 176 valence electrons. The van der Waals surface area contributed by atoms with Crippen LogP contribution in [0.4, 0.5) is 10.5 Å². The number of benzene rings is 1. The predicted octanol–water partition coefficient (Wildman–Crippen LogP) is 3.49. The van der Waals surface area contributed by atoms with Gasteiger partial charge in [-0.1, -0.05) is 30.3 Å². The number of anilines is 1. The van der Waals surface area contributed by atoms with Gasteiger partial charge in [0.05, 0.1) is 23.6 Å². The molecule has 0 radical (unpaired) electrons. The molecule has 2 saturated heterocycles. The van der Waals surface area contributed by atoms with Crippen molar-refractivity contribution in [2.45, 2.75) is 49.6 Å². The number of rotatable bonds is 5. The van der Waals surface area contributed by atoms with Gasteiger partial charge in [0.25, 0.3) is 0 Å². The summed E-state index contributed by atoms with van der Waals surface area (Å²) >= 11 is 0. The summed E-state index contributed by atoms with van der Waals surface area (Å²) in [5.74, 6) is 0.556. The van der Waals surface area contributed by atoms with Gasteiger partial charge in [0, 0.05) is 31.7 Å². The molecule has 3 aliphatic rings. The van der Waals surface area contributed by atoms with E-state index in [4.69, 9.17) is 0 Å². The van der Waals surface area contributed by atoms with Gasteiger partial charge < -0.3 is 15.1 Å². The van der Waals surface area contributed by atoms with Gasteiger partial charge in [-0.2, -0.15) is 0 Å². The van der Waals surface area contributed by atoms with Crippen LogP contribution in [0.3, 0.4) is 0 Å². The van der Waals surface area contributed by atoms with E-state index in [-0.39, 0.29) is 17.1 Å². The second-order valence-corrected chi connectivity index (χ2v) is 10.4. The Labute approximate surface area is 197 Å². The normalized spacial score (nSPS) is 28.5. The topological polar surface area (TPSA) is 64.6 Å². The molecular formula is C26H36N6O. The first-order valence-corrected chi connectivity index (χ1v) is 12.3. The zero-order valence-corrected chi connectivity index (χ0v) is 19.9. The number of nitrogens with one attached hydrogen (secondary N) is 1. The molecule has 3 fully saturated rings. The highest BCUT2D eigenvalue weighted by Crippen LogP contribution is 2.46. The van der Waals surface area contributed by atoms with E-state index in [0.29, 0.717) is 5.92 Å². The molecule has 1 N–H and O–H groups in total. The third-order valence-corrected chi connectivity index (χ3v) is 8.36. The third-order valence-electron chi connectivity index (χ3n) is 8.36. The molecule has 0 atom stereocenters. The highest BCUT2D eigenvalue weighted by Gasteiger charge is 2.50. The van der Waals surface area contributed by atoms with Crippen LogP contribution in [0.25, 0.3) is 0 Å². The summed E-state index contributed by atoms with van der Waals surface area (Å²) in [5, 5.41) is 3.41. The first-order valence-electron chi connectivity index (χ1n) is 12.3. The largest absolute Gasteiger partial charge is 0.369 e. The van der Waals surface area contributed by atoms with Crippen molar-refractivity contribution >= 4 is 11.7 Å². The van der Waals surface area contributed by atoms with Crippen molar-refractivity contribution in [2.75, 3.05) is 45.2 Å². The Morgan fingerprint density at radius 3 is 2.33 bits per heavy atom. The van der Waals surface area contributed by atoms with Crippen molar-refractivity contribution in [1.29, 1.82) is 0 Å². The van der Waals surface area contributed by atoms with Crippen molar-refractivity contribution in [2.24, 2.45) is 5.92 Å². The average molecular weight is 449 g/mol. The number of amides is 2. The molecule has 2 aromatic rings. The van der Waals surface area contributed by atoms with Crippen LogP contribution in [0, 0.1) is 5.92 Å². The number of urea groups is 1. The van der Waals surface area contributed by atoms with Gasteiger partial charge >= 0.3 is 6.03 Å². The van der Waals surface area contributed by atoms with E-state index >= 15 is 0 Å². The molecule has 2 amide bonds. The minimum absolute atomic E-state index is 0.0542. The maximum absolute atomic E-state index is 12.9. The number of carbonyl (C=O) groups excluding carboxylic acids is 1. The Bertz CT molecular complexity index is 934. The van der Waals surface area contributed by atoms with Crippen molar-refractivity contribution in [1.82, 2.24) is 25.1 Å². The lowest BCUT2D eigenvalue weighted by Crippen LogP contribution is -2.54. The molecule has 2 aliphatic heterocycles. The van der Waals surface area contributed by atoms with Crippen molar-refractivity contribution in [3.63, 3.8) is 0 Å². The summed E-state index contributed by atoms with van der Waals surface area (Å²) in [6.45, 7) is 3.71. The third kappa shape index (κ3) is 4.31.